The van der Waals surface area contributed by atoms with Gasteiger partial charge in [-0.05, 0) is 43.7 Å². The van der Waals surface area contributed by atoms with Crippen molar-refractivity contribution in [3.8, 4) is 0 Å². The van der Waals surface area contributed by atoms with E-state index >= 15 is 0 Å². The van der Waals surface area contributed by atoms with E-state index in [0.29, 0.717) is 11.5 Å². The molecule has 3 heteroatoms. The molecule has 1 aliphatic rings. The van der Waals surface area contributed by atoms with Gasteiger partial charge < -0.3 is 10.0 Å². The number of likely N-dealkylation sites (tertiary alicyclic amines) is 1. The minimum atomic E-state index is -0.824. The van der Waals surface area contributed by atoms with Gasteiger partial charge >= 0.3 is 5.97 Å². The summed E-state index contributed by atoms with van der Waals surface area (Å²) >= 11 is 0. The van der Waals surface area contributed by atoms with Crippen LogP contribution in [0.15, 0.2) is 36.5 Å². The second-order valence-electron chi connectivity index (χ2n) is 5.33. The molecule has 1 aromatic rings. The molecule has 1 N–H and O–H groups in total. The summed E-state index contributed by atoms with van der Waals surface area (Å²) < 4.78 is 0. The van der Waals surface area contributed by atoms with E-state index in [1.807, 2.05) is 32.9 Å². The van der Waals surface area contributed by atoms with Gasteiger partial charge in [-0.2, -0.15) is 0 Å². The molecule has 0 unspecified atom stereocenters. The van der Waals surface area contributed by atoms with Gasteiger partial charge in [-0.3, -0.25) is 0 Å². The first kappa shape index (κ1) is 17.3. The monoisotopic (exact) mass is 289 g/mol. The van der Waals surface area contributed by atoms with Gasteiger partial charge in [0.2, 0.25) is 0 Å². The van der Waals surface area contributed by atoms with Crippen LogP contribution in [0.2, 0.25) is 0 Å². The number of benzene rings is 1. The van der Waals surface area contributed by atoms with Crippen LogP contribution < -0.4 is 0 Å². The van der Waals surface area contributed by atoms with E-state index < -0.39 is 5.97 Å². The lowest BCUT2D eigenvalue weighted by atomic mass is 9.88. The number of nitrogens with zero attached hydrogens (tertiary/aromatic N) is 1. The molecule has 2 rings (SSSR count). The van der Waals surface area contributed by atoms with Gasteiger partial charge in [-0.25, -0.2) is 4.79 Å². The molecule has 3 nitrogen and oxygen atoms in total. The number of hydrogen-bond donors (Lipinski definition) is 1. The minimum Gasteiger partial charge on any atom is -0.478 e. The van der Waals surface area contributed by atoms with Gasteiger partial charge in [0.1, 0.15) is 0 Å². The molecule has 1 aliphatic heterocycles. The van der Waals surface area contributed by atoms with Crippen molar-refractivity contribution < 1.29 is 9.90 Å². The first-order chi connectivity index (χ1) is 10.1. The first-order valence-corrected chi connectivity index (χ1v) is 7.79. The average molecular weight is 289 g/mol. The zero-order chi connectivity index (χ0) is 15.8. The molecular weight excluding hydrogens is 262 g/mol. The summed E-state index contributed by atoms with van der Waals surface area (Å²) in [5.74, 6) is -0.244. The van der Waals surface area contributed by atoms with Crippen LogP contribution in [0.1, 0.15) is 49.5 Å². The Hall–Kier alpha value is -1.77. The predicted molar refractivity (Wildman–Crippen MR) is 87.6 cm³/mol. The third kappa shape index (κ3) is 4.92. The maximum atomic E-state index is 11.2. The highest BCUT2D eigenvalue weighted by Gasteiger charge is 2.20. The van der Waals surface area contributed by atoms with Gasteiger partial charge in [0.05, 0.1) is 5.56 Å². The van der Waals surface area contributed by atoms with Crippen molar-refractivity contribution in [3.05, 3.63) is 47.7 Å². The Morgan fingerprint density at radius 1 is 1.29 bits per heavy atom. The van der Waals surface area contributed by atoms with Gasteiger partial charge in [0.15, 0.2) is 0 Å². The van der Waals surface area contributed by atoms with Crippen LogP contribution in [0.3, 0.4) is 0 Å². The van der Waals surface area contributed by atoms with Crippen molar-refractivity contribution in [2.45, 2.75) is 40.0 Å². The third-order valence-electron chi connectivity index (χ3n) is 3.91. The minimum absolute atomic E-state index is 0.449. The Labute approximate surface area is 128 Å². The molecule has 116 valence electrons. The van der Waals surface area contributed by atoms with Crippen LogP contribution in [0.5, 0.6) is 0 Å². The Kier molecular flexibility index (Phi) is 7.00. The van der Waals surface area contributed by atoms with E-state index in [-0.39, 0.29) is 0 Å². The Morgan fingerprint density at radius 2 is 1.86 bits per heavy atom. The number of carboxylic acid groups (broad SMARTS) is 1. The lowest BCUT2D eigenvalue weighted by molar-refractivity contribution is 0.0695. The number of carbonyl (C=O) groups is 1. The first-order valence-electron chi connectivity index (χ1n) is 7.79. The van der Waals surface area contributed by atoms with Crippen molar-refractivity contribution in [2.24, 2.45) is 5.92 Å². The second kappa shape index (κ2) is 8.50. The highest BCUT2D eigenvalue weighted by atomic mass is 16.4. The second-order valence-corrected chi connectivity index (χ2v) is 5.33. The molecule has 0 bridgehead atoms. The fourth-order valence-electron chi connectivity index (χ4n) is 2.74. The lowest BCUT2D eigenvalue weighted by Gasteiger charge is -2.33. The molecule has 0 aromatic heterocycles. The van der Waals surface area contributed by atoms with Crippen molar-refractivity contribution in [1.82, 2.24) is 4.90 Å². The molecule has 0 amide bonds. The summed E-state index contributed by atoms with van der Waals surface area (Å²) in [5.41, 5.74) is 2.54. The summed E-state index contributed by atoms with van der Waals surface area (Å²) in [7, 11) is 0. The third-order valence-corrected chi connectivity index (χ3v) is 3.91. The Bertz CT molecular complexity index is 474. The molecule has 0 radical (unpaired) electrons. The fraction of sp³-hybridized carbons (Fsp3) is 0.500. The van der Waals surface area contributed by atoms with Crippen LogP contribution in [-0.4, -0.2) is 29.1 Å². The molecule has 0 atom stereocenters. The van der Waals surface area contributed by atoms with Crippen LogP contribution in [0.4, 0.5) is 0 Å². The van der Waals surface area contributed by atoms with Crippen molar-refractivity contribution in [3.63, 3.8) is 0 Å². The predicted octanol–water partition coefficient (Wildman–Crippen LogP) is 4.20. The van der Waals surface area contributed by atoms with E-state index in [4.69, 9.17) is 0 Å². The fourth-order valence-corrected chi connectivity index (χ4v) is 2.74. The smallest absolute Gasteiger partial charge is 0.335 e. The summed E-state index contributed by atoms with van der Waals surface area (Å²) in [5, 5.41) is 9.19. The number of rotatable bonds is 4. The summed E-state index contributed by atoms with van der Waals surface area (Å²) in [6.45, 7) is 12.1. The molecule has 1 fully saturated rings. The molecular formula is C18H27NO2. The molecule has 0 saturated carbocycles. The highest BCUT2D eigenvalue weighted by Crippen LogP contribution is 2.24. The van der Waals surface area contributed by atoms with Crippen molar-refractivity contribution in [2.75, 3.05) is 13.1 Å². The summed E-state index contributed by atoms with van der Waals surface area (Å²) in [6.07, 6.45) is 3.09. The number of allylic oxidation sites excluding steroid dienone is 1. The largest absolute Gasteiger partial charge is 0.478 e. The molecule has 1 heterocycles. The van der Waals surface area contributed by atoms with Crippen LogP contribution in [0, 0.1) is 5.92 Å². The zero-order valence-electron chi connectivity index (χ0n) is 13.4. The molecule has 0 spiro atoms. The summed E-state index contributed by atoms with van der Waals surface area (Å²) in [6, 6.07) is 7.34. The van der Waals surface area contributed by atoms with E-state index in [1.54, 1.807) is 12.1 Å². The van der Waals surface area contributed by atoms with Crippen LogP contribution in [-0.2, 0) is 6.42 Å². The number of hydrogen-bond acceptors (Lipinski definition) is 2. The van der Waals surface area contributed by atoms with Crippen LogP contribution >= 0.6 is 0 Å². The SMILES string of the molecule is C=C(C)N1CCC(Cc2ccccc2C(=O)O)CC1.CC. The standard InChI is InChI=1S/C16H21NO2.C2H6/c1-12(2)17-9-7-13(8-10-17)11-14-5-3-4-6-15(14)16(18)19;1-2/h3-6,13H,1,7-11H2,2H3,(H,18,19);1-2H3. The normalized spacial score (nSPS) is 15.1. The molecule has 1 aromatic carbocycles. The quantitative estimate of drug-likeness (QED) is 0.903. The molecule has 0 aliphatic carbocycles. The van der Waals surface area contributed by atoms with Gasteiger partial charge in [0.25, 0.3) is 0 Å². The average Bonchev–Trinajstić information content (AvgIpc) is 2.50. The number of carboxylic acids is 1. The Morgan fingerprint density at radius 3 is 2.38 bits per heavy atom. The Balaban J connectivity index is 0.00000106. The van der Waals surface area contributed by atoms with E-state index in [1.165, 1.54) is 0 Å². The summed E-state index contributed by atoms with van der Waals surface area (Å²) in [4.78, 5) is 13.5. The molecule has 21 heavy (non-hydrogen) atoms. The molecule has 1 saturated heterocycles. The lowest BCUT2D eigenvalue weighted by Crippen LogP contribution is -2.32. The van der Waals surface area contributed by atoms with Crippen molar-refractivity contribution >= 4 is 5.97 Å². The zero-order valence-corrected chi connectivity index (χ0v) is 13.4. The van der Waals surface area contributed by atoms with Crippen LogP contribution in [0.25, 0.3) is 0 Å². The van der Waals surface area contributed by atoms with Gasteiger partial charge in [-0.15, -0.1) is 0 Å². The highest BCUT2D eigenvalue weighted by molar-refractivity contribution is 5.89. The maximum Gasteiger partial charge on any atom is 0.335 e. The van der Waals surface area contributed by atoms with E-state index in [9.17, 15) is 9.90 Å². The van der Waals surface area contributed by atoms with E-state index in [2.05, 4.69) is 11.5 Å². The number of aromatic carboxylic acids is 1. The van der Waals surface area contributed by atoms with Crippen molar-refractivity contribution in [1.29, 1.82) is 0 Å². The number of piperidine rings is 1. The van der Waals surface area contributed by atoms with Gasteiger partial charge in [0, 0.05) is 18.8 Å². The topological polar surface area (TPSA) is 40.5 Å². The van der Waals surface area contributed by atoms with E-state index in [0.717, 1.165) is 43.6 Å². The maximum absolute atomic E-state index is 11.2. The van der Waals surface area contributed by atoms with Gasteiger partial charge in [-0.1, -0.05) is 38.6 Å².